The van der Waals surface area contributed by atoms with E-state index >= 15 is 0 Å². The van der Waals surface area contributed by atoms with Crippen LogP contribution in [0.15, 0.2) is 71.9 Å². The van der Waals surface area contributed by atoms with E-state index in [4.69, 9.17) is 0 Å². The third-order valence-electron chi connectivity index (χ3n) is 4.89. The van der Waals surface area contributed by atoms with E-state index in [9.17, 15) is 4.79 Å². The van der Waals surface area contributed by atoms with E-state index in [1.807, 2.05) is 73.1 Å². The Balaban J connectivity index is 1.48. The molecule has 0 aliphatic carbocycles. The normalized spacial score (nSPS) is 12.1. The molecule has 146 valence electrons. The molecule has 1 N–H and O–H groups in total. The van der Waals surface area contributed by atoms with Crippen molar-refractivity contribution in [3.8, 4) is 11.4 Å². The molecule has 1 aromatic heterocycles. The van der Waals surface area contributed by atoms with Crippen LogP contribution in [0.1, 0.15) is 12.5 Å². The number of nitrogens with one attached hydrogen (secondary N) is 1. The maximum Gasteiger partial charge on any atom is 0.237 e. The van der Waals surface area contributed by atoms with Gasteiger partial charge in [-0.05, 0) is 42.3 Å². The van der Waals surface area contributed by atoms with E-state index in [0.717, 1.165) is 33.4 Å². The lowest BCUT2D eigenvalue weighted by Gasteiger charge is -2.12. The van der Waals surface area contributed by atoms with Crippen LogP contribution in [0.3, 0.4) is 0 Å². The van der Waals surface area contributed by atoms with Crippen LogP contribution >= 0.6 is 11.8 Å². The first-order valence-electron chi connectivity index (χ1n) is 9.44. The molecule has 5 nitrogen and oxygen atoms in total. The number of carbonyl (C=O) groups is 1. The van der Waals surface area contributed by atoms with Gasteiger partial charge in [0.15, 0.2) is 11.0 Å². The van der Waals surface area contributed by atoms with Gasteiger partial charge in [-0.3, -0.25) is 4.79 Å². The second kappa shape index (κ2) is 8.09. The highest BCUT2D eigenvalue weighted by atomic mass is 32.2. The number of hydrogen-bond acceptors (Lipinski definition) is 4. The first-order chi connectivity index (χ1) is 14.0. The van der Waals surface area contributed by atoms with Crippen molar-refractivity contribution in [2.24, 2.45) is 7.05 Å². The minimum atomic E-state index is -0.311. The number of hydrogen-bond donors (Lipinski definition) is 1. The molecule has 0 radical (unpaired) electrons. The van der Waals surface area contributed by atoms with Crippen molar-refractivity contribution in [3.05, 3.63) is 72.3 Å². The summed E-state index contributed by atoms with van der Waals surface area (Å²) < 4.78 is 1.94. The maximum absolute atomic E-state index is 12.7. The van der Waals surface area contributed by atoms with Crippen LogP contribution in [-0.4, -0.2) is 25.9 Å². The van der Waals surface area contributed by atoms with Gasteiger partial charge in [0.1, 0.15) is 0 Å². The largest absolute Gasteiger partial charge is 0.325 e. The summed E-state index contributed by atoms with van der Waals surface area (Å²) in [5, 5.41) is 14.3. The molecule has 0 aliphatic heterocycles. The molecule has 0 aliphatic rings. The van der Waals surface area contributed by atoms with Gasteiger partial charge in [-0.2, -0.15) is 0 Å². The predicted octanol–water partition coefficient (Wildman–Crippen LogP) is 5.06. The summed E-state index contributed by atoms with van der Waals surface area (Å²) in [6, 6.07) is 22.1. The van der Waals surface area contributed by atoms with Crippen molar-refractivity contribution in [3.63, 3.8) is 0 Å². The summed E-state index contributed by atoms with van der Waals surface area (Å²) in [6.07, 6.45) is 0. The number of aryl methyl sites for hydroxylation is 1. The molecule has 0 bridgehead atoms. The minimum absolute atomic E-state index is 0.0641. The number of rotatable bonds is 5. The van der Waals surface area contributed by atoms with Crippen molar-refractivity contribution < 1.29 is 4.79 Å². The molecule has 29 heavy (non-hydrogen) atoms. The summed E-state index contributed by atoms with van der Waals surface area (Å²) in [7, 11) is 1.93. The number of fused-ring (bicyclic) bond motifs is 1. The van der Waals surface area contributed by atoms with Gasteiger partial charge in [0.2, 0.25) is 5.91 Å². The molecular weight excluding hydrogens is 380 g/mol. The molecule has 0 spiro atoms. The molecule has 1 unspecified atom stereocenters. The van der Waals surface area contributed by atoms with E-state index in [0.29, 0.717) is 5.16 Å². The minimum Gasteiger partial charge on any atom is -0.325 e. The SMILES string of the molecule is Cc1ccccc1-c1nnc(SC(C)C(=O)Nc2ccc3ccccc3c2)n1C. The highest BCUT2D eigenvalue weighted by molar-refractivity contribution is 8.00. The lowest BCUT2D eigenvalue weighted by atomic mass is 10.1. The molecule has 1 amide bonds. The zero-order chi connectivity index (χ0) is 20.4. The average Bonchev–Trinajstić information content (AvgIpc) is 3.08. The van der Waals surface area contributed by atoms with Crippen LogP contribution in [-0.2, 0) is 11.8 Å². The Bertz CT molecular complexity index is 1180. The van der Waals surface area contributed by atoms with Crippen LogP contribution in [0.4, 0.5) is 5.69 Å². The maximum atomic E-state index is 12.7. The van der Waals surface area contributed by atoms with Gasteiger partial charge < -0.3 is 9.88 Å². The number of nitrogens with zero attached hydrogens (tertiary/aromatic N) is 3. The highest BCUT2D eigenvalue weighted by Crippen LogP contribution is 2.28. The Morgan fingerprint density at radius 2 is 1.72 bits per heavy atom. The molecule has 1 heterocycles. The van der Waals surface area contributed by atoms with Gasteiger partial charge in [-0.1, -0.05) is 66.4 Å². The number of benzene rings is 3. The van der Waals surface area contributed by atoms with Gasteiger partial charge in [-0.25, -0.2) is 0 Å². The Labute approximate surface area is 174 Å². The number of carbonyl (C=O) groups excluding carboxylic acids is 1. The molecule has 4 aromatic rings. The van der Waals surface area contributed by atoms with Crippen molar-refractivity contribution in [2.75, 3.05) is 5.32 Å². The van der Waals surface area contributed by atoms with Crippen LogP contribution < -0.4 is 5.32 Å². The second-order valence-corrected chi connectivity index (χ2v) is 8.30. The van der Waals surface area contributed by atoms with Gasteiger partial charge >= 0.3 is 0 Å². The van der Waals surface area contributed by atoms with Gasteiger partial charge in [0, 0.05) is 18.3 Å². The molecule has 0 fully saturated rings. The van der Waals surface area contributed by atoms with Crippen LogP contribution in [0.25, 0.3) is 22.2 Å². The third kappa shape index (κ3) is 4.03. The molecular formula is C23H22N4OS. The molecule has 3 aromatic carbocycles. The van der Waals surface area contributed by atoms with Crippen LogP contribution in [0.5, 0.6) is 0 Å². The Hall–Kier alpha value is -3.12. The highest BCUT2D eigenvalue weighted by Gasteiger charge is 2.20. The Morgan fingerprint density at radius 3 is 2.52 bits per heavy atom. The van der Waals surface area contributed by atoms with Crippen molar-refractivity contribution in [2.45, 2.75) is 24.3 Å². The fraction of sp³-hybridized carbons (Fsp3) is 0.174. The summed E-state index contributed by atoms with van der Waals surface area (Å²) in [5.74, 6) is 0.735. The van der Waals surface area contributed by atoms with Crippen molar-refractivity contribution in [1.29, 1.82) is 0 Å². The fourth-order valence-corrected chi connectivity index (χ4v) is 4.01. The average molecular weight is 403 g/mol. The van der Waals surface area contributed by atoms with E-state index in [1.165, 1.54) is 11.8 Å². The quantitative estimate of drug-likeness (QED) is 0.474. The summed E-state index contributed by atoms with van der Waals surface area (Å²) in [4.78, 5) is 12.7. The summed E-state index contributed by atoms with van der Waals surface area (Å²) in [5.41, 5.74) is 2.98. The summed E-state index contributed by atoms with van der Waals surface area (Å²) in [6.45, 7) is 3.93. The smallest absolute Gasteiger partial charge is 0.237 e. The first kappa shape index (κ1) is 19.2. The van der Waals surface area contributed by atoms with Crippen LogP contribution in [0.2, 0.25) is 0 Å². The van der Waals surface area contributed by atoms with E-state index in [1.54, 1.807) is 0 Å². The first-order valence-corrected chi connectivity index (χ1v) is 10.3. The van der Waals surface area contributed by atoms with Crippen LogP contribution in [0, 0.1) is 6.92 Å². The zero-order valence-electron chi connectivity index (χ0n) is 16.6. The molecule has 1 atom stereocenters. The fourth-order valence-electron chi connectivity index (χ4n) is 3.20. The summed E-state index contributed by atoms with van der Waals surface area (Å²) >= 11 is 1.40. The predicted molar refractivity (Wildman–Crippen MR) is 119 cm³/mol. The molecule has 0 saturated carbocycles. The van der Waals surface area contributed by atoms with Gasteiger partial charge in [-0.15, -0.1) is 10.2 Å². The van der Waals surface area contributed by atoms with Gasteiger partial charge in [0.25, 0.3) is 0 Å². The monoisotopic (exact) mass is 402 g/mol. The van der Waals surface area contributed by atoms with E-state index in [-0.39, 0.29) is 11.2 Å². The lowest BCUT2D eigenvalue weighted by Crippen LogP contribution is -2.22. The molecule has 4 rings (SSSR count). The Kier molecular flexibility index (Phi) is 5.36. The second-order valence-electron chi connectivity index (χ2n) is 6.99. The van der Waals surface area contributed by atoms with Gasteiger partial charge in [0.05, 0.1) is 5.25 Å². The lowest BCUT2D eigenvalue weighted by molar-refractivity contribution is -0.115. The molecule has 6 heteroatoms. The zero-order valence-corrected chi connectivity index (χ0v) is 17.4. The molecule has 0 saturated heterocycles. The third-order valence-corrected chi connectivity index (χ3v) is 6.02. The van der Waals surface area contributed by atoms with Crippen molar-refractivity contribution in [1.82, 2.24) is 14.8 Å². The van der Waals surface area contributed by atoms with E-state index < -0.39 is 0 Å². The Morgan fingerprint density at radius 1 is 1.00 bits per heavy atom. The number of amides is 1. The van der Waals surface area contributed by atoms with Crippen molar-refractivity contribution >= 4 is 34.1 Å². The number of thioether (sulfide) groups is 1. The number of anilines is 1. The standard InChI is InChI=1S/C23H22N4OS/c1-15-8-4-7-11-20(15)21-25-26-23(27(21)3)29-16(2)22(28)24-19-13-12-17-9-5-6-10-18(17)14-19/h4-14,16H,1-3H3,(H,24,28). The van der Waals surface area contributed by atoms with E-state index in [2.05, 4.69) is 34.6 Å². The number of aromatic nitrogens is 3. The topological polar surface area (TPSA) is 59.8 Å².